The zero-order valence-electron chi connectivity index (χ0n) is 14.8. The van der Waals surface area contributed by atoms with Crippen LogP contribution in [0, 0.1) is 0 Å². The van der Waals surface area contributed by atoms with Gasteiger partial charge in [0.2, 0.25) is 5.91 Å². The molecule has 0 aliphatic carbocycles. The topological polar surface area (TPSA) is 63.1 Å². The van der Waals surface area contributed by atoms with Gasteiger partial charge in [-0.05, 0) is 54.1 Å². The Labute approximate surface area is 165 Å². The van der Waals surface area contributed by atoms with Crippen molar-refractivity contribution >= 4 is 46.3 Å². The lowest BCUT2D eigenvalue weighted by molar-refractivity contribution is -0.114. The van der Waals surface area contributed by atoms with E-state index in [1.165, 1.54) is 17.4 Å². The number of carbonyl (C=O) groups excluding carboxylic acids is 2. The molecule has 0 fully saturated rings. The fourth-order valence-corrected chi connectivity index (χ4v) is 5.58. The molecule has 1 aliphatic heterocycles. The number of nitrogens with zero attached hydrogens (tertiary/aromatic N) is 1. The second-order valence-electron chi connectivity index (χ2n) is 6.29. The molecule has 0 saturated carbocycles. The molecule has 3 aromatic rings. The van der Waals surface area contributed by atoms with Crippen molar-refractivity contribution in [3.63, 3.8) is 0 Å². The van der Waals surface area contributed by atoms with Crippen molar-refractivity contribution in [2.24, 2.45) is 0 Å². The lowest BCUT2D eigenvalue weighted by Gasteiger charge is -2.13. The maximum absolute atomic E-state index is 13.1. The third-order valence-corrected chi connectivity index (χ3v) is 6.74. The van der Waals surface area contributed by atoms with Crippen molar-refractivity contribution < 1.29 is 9.59 Å². The predicted octanol–water partition coefficient (Wildman–Crippen LogP) is 4.54. The van der Waals surface area contributed by atoms with Crippen molar-refractivity contribution in [2.75, 3.05) is 16.4 Å². The van der Waals surface area contributed by atoms with Gasteiger partial charge < -0.3 is 15.2 Å². The molecule has 27 heavy (non-hydrogen) atoms. The zero-order valence-corrected chi connectivity index (χ0v) is 16.5. The number of fused-ring (bicyclic) bond motifs is 1. The quantitative estimate of drug-likeness (QED) is 0.679. The van der Waals surface area contributed by atoms with E-state index in [4.69, 9.17) is 0 Å². The van der Waals surface area contributed by atoms with Crippen molar-refractivity contribution in [3.8, 4) is 5.00 Å². The molecule has 0 unspecified atom stereocenters. The average Bonchev–Trinajstić information content (AvgIpc) is 3.30. The van der Waals surface area contributed by atoms with Gasteiger partial charge in [-0.2, -0.15) is 11.8 Å². The van der Waals surface area contributed by atoms with Crippen LogP contribution in [-0.4, -0.2) is 22.1 Å². The number of hydrogen-bond acceptors (Lipinski definition) is 4. The van der Waals surface area contributed by atoms with E-state index in [2.05, 4.69) is 10.6 Å². The first-order chi connectivity index (χ1) is 13.1. The number of carbonyl (C=O) groups is 2. The first-order valence-corrected chi connectivity index (χ1v) is 10.6. The summed E-state index contributed by atoms with van der Waals surface area (Å²) in [4.78, 5) is 25.6. The molecule has 0 bridgehead atoms. The van der Waals surface area contributed by atoms with Gasteiger partial charge in [-0.25, -0.2) is 0 Å². The molecule has 7 heteroatoms. The number of nitrogens with one attached hydrogen (secondary N) is 2. The van der Waals surface area contributed by atoms with Gasteiger partial charge in [0.05, 0.1) is 5.56 Å². The minimum atomic E-state index is -0.120. The van der Waals surface area contributed by atoms with Gasteiger partial charge in [0.25, 0.3) is 5.91 Å². The van der Waals surface area contributed by atoms with Crippen molar-refractivity contribution in [1.29, 1.82) is 0 Å². The second-order valence-corrected chi connectivity index (χ2v) is 8.48. The van der Waals surface area contributed by atoms with Crippen LogP contribution >= 0.6 is 23.1 Å². The highest BCUT2D eigenvalue weighted by atomic mass is 32.2. The van der Waals surface area contributed by atoms with Gasteiger partial charge in [0.15, 0.2) is 0 Å². The highest BCUT2D eigenvalue weighted by Gasteiger charge is 2.26. The summed E-state index contributed by atoms with van der Waals surface area (Å²) in [6, 6.07) is 11.1. The normalized spacial score (nSPS) is 13.1. The molecule has 1 aromatic carbocycles. The highest BCUT2D eigenvalue weighted by Crippen LogP contribution is 2.38. The number of benzene rings is 1. The number of anilines is 2. The number of rotatable bonds is 4. The Kier molecular flexibility index (Phi) is 5.05. The molecular formula is C20H19N3O2S2. The summed E-state index contributed by atoms with van der Waals surface area (Å²) in [5.74, 6) is 1.80. The van der Waals surface area contributed by atoms with Crippen molar-refractivity contribution in [1.82, 2.24) is 4.57 Å². The van der Waals surface area contributed by atoms with E-state index in [0.717, 1.165) is 28.5 Å². The minimum absolute atomic E-state index is 0.0876. The molecule has 2 aromatic heterocycles. The Bertz CT molecular complexity index is 976. The summed E-state index contributed by atoms with van der Waals surface area (Å²) in [5, 5.41) is 6.71. The molecule has 0 spiro atoms. The minimum Gasteiger partial charge on any atom is -0.326 e. The smallest absolute Gasteiger partial charge is 0.258 e. The highest BCUT2D eigenvalue weighted by molar-refractivity contribution is 7.98. The van der Waals surface area contributed by atoms with Gasteiger partial charge in [-0.3, -0.25) is 9.59 Å². The third kappa shape index (κ3) is 3.79. The molecule has 2 amide bonds. The summed E-state index contributed by atoms with van der Waals surface area (Å²) in [5.41, 5.74) is 3.36. The monoisotopic (exact) mass is 397 g/mol. The molecule has 4 rings (SSSR count). The Hall–Kier alpha value is -2.51. The second kappa shape index (κ2) is 7.62. The average molecular weight is 398 g/mol. The summed E-state index contributed by atoms with van der Waals surface area (Å²) in [6.07, 6.45) is 4.87. The number of thioether (sulfide) groups is 1. The molecule has 5 nitrogen and oxygen atoms in total. The first kappa shape index (κ1) is 17.9. The first-order valence-electron chi connectivity index (χ1n) is 8.66. The number of amides is 2. The zero-order chi connectivity index (χ0) is 18.8. The lowest BCUT2D eigenvalue weighted by atomic mass is 10.1. The largest absolute Gasteiger partial charge is 0.326 e. The molecule has 3 heterocycles. The molecular weight excluding hydrogens is 378 g/mol. The molecule has 1 aliphatic rings. The van der Waals surface area contributed by atoms with Crippen LogP contribution in [0.3, 0.4) is 0 Å². The van der Waals surface area contributed by atoms with E-state index >= 15 is 0 Å². The fraction of sp³-hybridized carbons (Fsp3) is 0.200. The fourth-order valence-electron chi connectivity index (χ4n) is 3.14. The maximum atomic E-state index is 13.1. The molecule has 0 radical (unpaired) electrons. The Balaban J connectivity index is 1.63. The van der Waals surface area contributed by atoms with E-state index in [0.29, 0.717) is 11.4 Å². The van der Waals surface area contributed by atoms with E-state index in [1.54, 1.807) is 35.6 Å². The van der Waals surface area contributed by atoms with Crippen LogP contribution in [0.4, 0.5) is 11.4 Å². The lowest BCUT2D eigenvalue weighted by Crippen LogP contribution is -2.16. The SMILES string of the molecule is CC(=O)Nc1ccc(NC(=O)c2c(-n3cccc3)sc3c2CCSC3)cc1. The number of hydrogen-bond donors (Lipinski definition) is 2. The standard InChI is InChI=1S/C20H19N3O2S2/c1-13(24)21-14-4-6-15(7-5-14)22-19(25)18-16-8-11-26-12-17(16)27-20(18)23-9-2-3-10-23/h2-7,9-10H,8,11-12H2,1H3,(H,21,24)(H,22,25). The van der Waals surface area contributed by atoms with Crippen LogP contribution in [-0.2, 0) is 17.0 Å². The summed E-state index contributed by atoms with van der Waals surface area (Å²) in [7, 11) is 0. The van der Waals surface area contributed by atoms with Crippen LogP contribution in [0.1, 0.15) is 27.7 Å². The van der Waals surface area contributed by atoms with Crippen LogP contribution in [0.5, 0.6) is 0 Å². The summed E-state index contributed by atoms with van der Waals surface area (Å²) >= 11 is 3.62. The summed E-state index contributed by atoms with van der Waals surface area (Å²) in [6.45, 7) is 1.47. The van der Waals surface area contributed by atoms with Gasteiger partial charge in [-0.1, -0.05) is 0 Å². The van der Waals surface area contributed by atoms with Crippen LogP contribution < -0.4 is 10.6 Å². The molecule has 138 valence electrons. The van der Waals surface area contributed by atoms with E-state index in [-0.39, 0.29) is 11.8 Å². The van der Waals surface area contributed by atoms with Crippen LogP contribution in [0.15, 0.2) is 48.8 Å². The van der Waals surface area contributed by atoms with Gasteiger partial charge in [0, 0.05) is 41.3 Å². The molecule has 2 N–H and O–H groups in total. The Morgan fingerprint density at radius 1 is 1.04 bits per heavy atom. The number of thiophene rings is 1. The van der Waals surface area contributed by atoms with E-state index < -0.39 is 0 Å². The summed E-state index contributed by atoms with van der Waals surface area (Å²) < 4.78 is 2.02. The maximum Gasteiger partial charge on any atom is 0.258 e. The van der Waals surface area contributed by atoms with Crippen molar-refractivity contribution in [3.05, 3.63) is 64.8 Å². The predicted molar refractivity (Wildman–Crippen MR) is 112 cm³/mol. The van der Waals surface area contributed by atoms with E-state index in [1.807, 2.05) is 40.9 Å². The van der Waals surface area contributed by atoms with Gasteiger partial charge in [-0.15, -0.1) is 11.3 Å². The van der Waals surface area contributed by atoms with Crippen molar-refractivity contribution in [2.45, 2.75) is 19.1 Å². The van der Waals surface area contributed by atoms with Gasteiger partial charge in [0.1, 0.15) is 5.00 Å². The molecule has 0 atom stereocenters. The van der Waals surface area contributed by atoms with E-state index in [9.17, 15) is 9.59 Å². The third-order valence-electron chi connectivity index (χ3n) is 4.33. The van der Waals surface area contributed by atoms with Gasteiger partial charge >= 0.3 is 0 Å². The van der Waals surface area contributed by atoms with Crippen LogP contribution in [0.25, 0.3) is 5.00 Å². The number of aromatic nitrogens is 1. The Morgan fingerprint density at radius 2 is 1.70 bits per heavy atom. The van der Waals surface area contributed by atoms with Crippen LogP contribution in [0.2, 0.25) is 0 Å². The Morgan fingerprint density at radius 3 is 2.37 bits per heavy atom. The molecule has 0 saturated heterocycles.